The zero-order valence-corrected chi connectivity index (χ0v) is 12.8. The van der Waals surface area contributed by atoms with Crippen LogP contribution in [0.1, 0.15) is 12.8 Å². The van der Waals surface area contributed by atoms with Crippen LogP contribution < -0.4 is 15.4 Å². The maximum absolute atomic E-state index is 11.7. The van der Waals surface area contributed by atoms with Gasteiger partial charge in [-0.2, -0.15) is 0 Å². The Hall–Kier alpha value is -1.76. The molecule has 0 amide bonds. The predicted molar refractivity (Wildman–Crippen MR) is 82.6 cm³/mol. The molecule has 0 radical (unpaired) electrons. The molecule has 0 aromatic heterocycles. The average Bonchev–Trinajstić information content (AvgIpc) is 2.80. The van der Waals surface area contributed by atoms with Crippen LogP contribution in [-0.2, 0) is 9.84 Å². The molecule has 1 saturated heterocycles. The van der Waals surface area contributed by atoms with Crippen molar-refractivity contribution in [3.05, 3.63) is 24.3 Å². The fourth-order valence-corrected chi connectivity index (χ4v) is 4.64. The molecule has 2 N–H and O–H groups in total. The Bertz CT molecular complexity index is 653. The molecular weight excluding hydrogens is 290 g/mol. The molecule has 21 heavy (non-hydrogen) atoms. The summed E-state index contributed by atoms with van der Waals surface area (Å²) in [6, 6.07) is 7.59. The number of rotatable bonds is 2. The van der Waals surface area contributed by atoms with E-state index >= 15 is 0 Å². The first-order valence-corrected chi connectivity index (χ1v) is 8.73. The van der Waals surface area contributed by atoms with Gasteiger partial charge in [0.05, 0.1) is 30.7 Å². The number of ether oxygens (including phenoxy) is 1. The first-order chi connectivity index (χ1) is 9.96. The highest BCUT2D eigenvalue weighted by Gasteiger charge is 2.46. The molecule has 1 aromatic carbocycles. The molecule has 2 heterocycles. The molecule has 7 heteroatoms. The molecule has 3 rings (SSSR count). The van der Waals surface area contributed by atoms with E-state index in [-0.39, 0.29) is 17.0 Å². The quantitative estimate of drug-likeness (QED) is 0.872. The van der Waals surface area contributed by atoms with Gasteiger partial charge in [-0.25, -0.2) is 8.42 Å². The Labute approximate surface area is 124 Å². The van der Waals surface area contributed by atoms with E-state index in [0.717, 1.165) is 11.4 Å². The first-order valence-electron chi connectivity index (χ1n) is 6.90. The van der Waals surface area contributed by atoms with Crippen molar-refractivity contribution in [3.8, 4) is 5.75 Å². The first kappa shape index (κ1) is 14.2. The molecule has 114 valence electrons. The number of hydrogen-bond donors (Lipinski definition) is 1. The summed E-state index contributed by atoms with van der Waals surface area (Å²) < 4.78 is 28.6. The molecule has 0 saturated carbocycles. The molecule has 1 fully saturated rings. The second-order valence-corrected chi connectivity index (χ2v) is 7.89. The van der Waals surface area contributed by atoms with Crippen molar-refractivity contribution < 1.29 is 13.2 Å². The molecule has 0 bridgehead atoms. The Morgan fingerprint density at radius 3 is 2.43 bits per heavy atom. The second kappa shape index (κ2) is 4.91. The van der Waals surface area contributed by atoms with E-state index in [9.17, 15) is 8.42 Å². The van der Waals surface area contributed by atoms with E-state index in [0.29, 0.717) is 25.3 Å². The van der Waals surface area contributed by atoms with Crippen LogP contribution >= 0.6 is 0 Å². The molecule has 0 aliphatic carbocycles. The topological polar surface area (TPSA) is 85.0 Å². The van der Waals surface area contributed by atoms with Gasteiger partial charge in [0.1, 0.15) is 5.75 Å². The fraction of sp³-hybridized carbons (Fsp3) is 0.500. The highest BCUT2D eigenvalue weighted by molar-refractivity contribution is 7.91. The van der Waals surface area contributed by atoms with Crippen molar-refractivity contribution in [2.75, 3.05) is 30.1 Å². The smallest absolute Gasteiger partial charge is 0.196 e. The van der Waals surface area contributed by atoms with E-state index in [1.807, 2.05) is 29.2 Å². The summed E-state index contributed by atoms with van der Waals surface area (Å²) >= 11 is 0. The fourth-order valence-electron chi connectivity index (χ4n) is 3.05. The average molecular weight is 309 g/mol. The van der Waals surface area contributed by atoms with Gasteiger partial charge >= 0.3 is 0 Å². The lowest BCUT2D eigenvalue weighted by atomic mass is 9.90. The summed E-state index contributed by atoms with van der Waals surface area (Å²) in [6.45, 7) is 0.556. The summed E-state index contributed by atoms with van der Waals surface area (Å²) in [5, 5.41) is 0. The summed E-state index contributed by atoms with van der Waals surface area (Å²) in [5.41, 5.74) is 6.67. The minimum atomic E-state index is -2.92. The molecule has 6 nitrogen and oxygen atoms in total. The van der Waals surface area contributed by atoms with Crippen LogP contribution in [0, 0.1) is 0 Å². The van der Waals surface area contributed by atoms with Gasteiger partial charge in [-0.05, 0) is 37.1 Å². The third kappa shape index (κ3) is 2.46. The highest BCUT2D eigenvalue weighted by atomic mass is 32.2. The molecule has 2 aliphatic rings. The van der Waals surface area contributed by atoms with Crippen LogP contribution in [-0.4, -0.2) is 45.1 Å². The summed E-state index contributed by atoms with van der Waals surface area (Å²) in [7, 11) is -1.30. The third-order valence-corrected chi connectivity index (χ3v) is 5.98. The van der Waals surface area contributed by atoms with E-state index < -0.39 is 9.84 Å². The van der Waals surface area contributed by atoms with Gasteiger partial charge < -0.3 is 15.4 Å². The number of aliphatic imine (C=N–C) groups is 1. The van der Waals surface area contributed by atoms with Gasteiger partial charge in [0.25, 0.3) is 0 Å². The molecule has 0 atom stereocenters. The SMILES string of the molecule is COc1ccc(N2C(N)=NCC23CCS(=O)(=O)CC3)cc1. The van der Waals surface area contributed by atoms with Gasteiger partial charge in [-0.3, -0.25) is 4.99 Å². The zero-order chi connectivity index (χ0) is 15.1. The number of sulfone groups is 1. The largest absolute Gasteiger partial charge is 0.497 e. The van der Waals surface area contributed by atoms with Crippen molar-refractivity contribution in [2.45, 2.75) is 18.4 Å². The molecule has 0 unspecified atom stereocenters. The van der Waals surface area contributed by atoms with Crippen molar-refractivity contribution >= 4 is 21.5 Å². The van der Waals surface area contributed by atoms with Crippen molar-refractivity contribution in [1.82, 2.24) is 0 Å². The lowest BCUT2D eigenvalue weighted by Gasteiger charge is -2.41. The van der Waals surface area contributed by atoms with Crippen LogP contribution in [0.25, 0.3) is 0 Å². The van der Waals surface area contributed by atoms with E-state index in [1.54, 1.807) is 7.11 Å². The maximum atomic E-state index is 11.7. The number of benzene rings is 1. The monoisotopic (exact) mass is 309 g/mol. The van der Waals surface area contributed by atoms with Gasteiger partial charge in [0.2, 0.25) is 0 Å². The molecular formula is C14H19N3O3S. The minimum Gasteiger partial charge on any atom is -0.497 e. The van der Waals surface area contributed by atoms with Gasteiger partial charge in [0.15, 0.2) is 15.8 Å². The van der Waals surface area contributed by atoms with Crippen LogP contribution in [0.3, 0.4) is 0 Å². The number of guanidine groups is 1. The number of nitrogens with two attached hydrogens (primary N) is 1. The third-order valence-electron chi connectivity index (χ3n) is 4.33. The van der Waals surface area contributed by atoms with Gasteiger partial charge in [0, 0.05) is 5.69 Å². The van der Waals surface area contributed by atoms with Crippen LogP contribution in [0.4, 0.5) is 5.69 Å². The second-order valence-electron chi connectivity index (χ2n) is 5.58. The number of methoxy groups -OCH3 is 1. The Balaban J connectivity index is 1.92. The van der Waals surface area contributed by atoms with Gasteiger partial charge in [-0.1, -0.05) is 0 Å². The van der Waals surface area contributed by atoms with Crippen molar-refractivity contribution in [3.63, 3.8) is 0 Å². The molecule has 1 aromatic rings. The maximum Gasteiger partial charge on any atom is 0.196 e. The normalized spacial score (nSPS) is 23.1. The van der Waals surface area contributed by atoms with Crippen LogP contribution in [0.15, 0.2) is 29.3 Å². The van der Waals surface area contributed by atoms with Crippen molar-refractivity contribution in [1.29, 1.82) is 0 Å². The number of nitrogens with zero attached hydrogens (tertiary/aromatic N) is 2. The lowest BCUT2D eigenvalue weighted by molar-refractivity contribution is 0.407. The number of anilines is 1. The number of hydrogen-bond acceptors (Lipinski definition) is 6. The Kier molecular flexibility index (Phi) is 3.32. The van der Waals surface area contributed by atoms with Gasteiger partial charge in [-0.15, -0.1) is 0 Å². The summed E-state index contributed by atoms with van der Waals surface area (Å²) in [5.74, 6) is 1.62. The minimum absolute atomic E-state index is 0.197. The van der Waals surface area contributed by atoms with Crippen LogP contribution in [0.2, 0.25) is 0 Å². The van der Waals surface area contributed by atoms with E-state index in [2.05, 4.69) is 4.99 Å². The molecule has 2 aliphatic heterocycles. The van der Waals surface area contributed by atoms with Crippen LogP contribution in [0.5, 0.6) is 5.75 Å². The van der Waals surface area contributed by atoms with Crippen molar-refractivity contribution in [2.24, 2.45) is 10.7 Å². The van der Waals surface area contributed by atoms with E-state index in [1.165, 1.54) is 0 Å². The highest BCUT2D eigenvalue weighted by Crippen LogP contribution is 2.37. The van der Waals surface area contributed by atoms with E-state index in [4.69, 9.17) is 10.5 Å². The molecule has 1 spiro atoms. The Morgan fingerprint density at radius 1 is 1.24 bits per heavy atom. The zero-order valence-electron chi connectivity index (χ0n) is 11.9. The standard InChI is InChI=1S/C14H19N3O3S/c1-20-12-4-2-11(3-5-12)17-13(15)16-10-14(17)6-8-21(18,19)9-7-14/h2-5H,6-10H2,1H3,(H2,15,16). The summed E-state index contributed by atoms with van der Waals surface area (Å²) in [6.07, 6.45) is 1.12. The predicted octanol–water partition coefficient (Wildman–Crippen LogP) is 0.777. The Morgan fingerprint density at radius 2 is 1.86 bits per heavy atom. The summed E-state index contributed by atoms with van der Waals surface area (Å²) in [4.78, 5) is 6.34. The lowest BCUT2D eigenvalue weighted by Crippen LogP contribution is -2.55.